The van der Waals surface area contributed by atoms with E-state index in [1.807, 2.05) is 27.7 Å². The van der Waals surface area contributed by atoms with Crippen LogP contribution in [0.3, 0.4) is 0 Å². The summed E-state index contributed by atoms with van der Waals surface area (Å²) in [6.07, 6.45) is 1.33. The van der Waals surface area contributed by atoms with Crippen molar-refractivity contribution >= 4 is 17.3 Å². The predicted octanol–water partition coefficient (Wildman–Crippen LogP) is 3.15. The Balaban J connectivity index is 1.77. The highest BCUT2D eigenvalue weighted by Crippen LogP contribution is 2.74. The smallest absolute Gasteiger partial charge is 0.170 e. The van der Waals surface area contributed by atoms with Crippen LogP contribution in [-0.2, 0) is 14.4 Å². The molecule has 0 aromatic heterocycles. The second-order valence-corrected chi connectivity index (χ2v) is 14.6. The van der Waals surface area contributed by atoms with Gasteiger partial charge in [0.25, 0.3) is 0 Å². The van der Waals surface area contributed by atoms with Gasteiger partial charge in [0.2, 0.25) is 0 Å². The number of carbonyl (C=O) groups excluding carboxylic acids is 3. The van der Waals surface area contributed by atoms with E-state index < -0.39 is 56.8 Å². The van der Waals surface area contributed by atoms with Crippen LogP contribution in [-0.4, -0.2) is 61.2 Å². The lowest BCUT2D eigenvalue weighted by Crippen LogP contribution is -2.65. The Kier molecular flexibility index (Phi) is 6.41. The molecule has 7 heteroatoms. The fraction of sp³-hybridized carbons (Fsp3) is 0.833. The second-order valence-electron chi connectivity index (χ2n) is 14.6. The van der Waals surface area contributed by atoms with E-state index in [1.165, 1.54) is 6.92 Å². The van der Waals surface area contributed by atoms with E-state index in [-0.39, 0.29) is 49.1 Å². The lowest BCUT2D eigenvalue weighted by Gasteiger charge is -2.64. The number of carbonyl (C=O) groups is 3. The molecule has 208 valence electrons. The summed E-state index contributed by atoms with van der Waals surface area (Å²) in [7, 11) is 0. The van der Waals surface area contributed by atoms with E-state index in [0.717, 1.165) is 5.57 Å². The maximum atomic E-state index is 14.2. The zero-order valence-corrected chi connectivity index (χ0v) is 23.7. The zero-order valence-electron chi connectivity index (χ0n) is 23.7. The summed E-state index contributed by atoms with van der Waals surface area (Å²) in [5, 5.41) is 43.9. The van der Waals surface area contributed by atoms with Crippen LogP contribution in [0, 0.1) is 39.4 Å². The van der Waals surface area contributed by atoms with Crippen LogP contribution < -0.4 is 0 Å². The fourth-order valence-electron chi connectivity index (χ4n) is 9.24. The summed E-state index contributed by atoms with van der Waals surface area (Å²) in [4.78, 5) is 40.4. The van der Waals surface area contributed by atoms with Crippen molar-refractivity contribution in [3.63, 3.8) is 0 Å². The van der Waals surface area contributed by atoms with Crippen LogP contribution in [0.25, 0.3) is 0 Å². The highest BCUT2D eigenvalue weighted by molar-refractivity contribution is 5.95. The molecule has 0 aromatic rings. The third-order valence-electron chi connectivity index (χ3n) is 11.5. The molecule has 0 amide bonds. The van der Waals surface area contributed by atoms with Gasteiger partial charge in [-0.2, -0.15) is 0 Å². The Bertz CT molecular complexity index is 1050. The molecule has 0 heterocycles. The van der Waals surface area contributed by atoms with E-state index in [4.69, 9.17) is 0 Å². The van der Waals surface area contributed by atoms with Crippen molar-refractivity contribution < 1.29 is 34.8 Å². The van der Waals surface area contributed by atoms with Crippen LogP contribution in [0.5, 0.6) is 0 Å². The van der Waals surface area contributed by atoms with Crippen LogP contribution >= 0.6 is 0 Å². The van der Waals surface area contributed by atoms with E-state index >= 15 is 0 Å². The van der Waals surface area contributed by atoms with E-state index in [1.54, 1.807) is 13.8 Å². The van der Waals surface area contributed by atoms with Crippen molar-refractivity contribution in [3.05, 3.63) is 11.6 Å². The molecule has 4 N–H and O–H groups in total. The second kappa shape index (κ2) is 8.30. The van der Waals surface area contributed by atoms with Gasteiger partial charge in [-0.15, -0.1) is 0 Å². The SMILES string of the molecule is CC(C)(O)CCC(=O)[C@@](C)(O)[C@H]1[C@H](O)C[C@@]2(C)[C@@H]3CC=C4[C@H](C[C@@H](O)C(=O)C4(C)C)[C@]3(C)C(=O)C[C@]12C. The number of allylic oxidation sites excluding steroid dienone is 2. The van der Waals surface area contributed by atoms with Gasteiger partial charge in [-0.05, 0) is 83.0 Å². The Morgan fingerprint density at radius 2 is 1.62 bits per heavy atom. The number of aliphatic hydroxyl groups excluding tert-OH is 2. The summed E-state index contributed by atoms with van der Waals surface area (Å²) >= 11 is 0. The Morgan fingerprint density at radius 3 is 2.19 bits per heavy atom. The van der Waals surface area contributed by atoms with Gasteiger partial charge >= 0.3 is 0 Å². The highest BCUT2D eigenvalue weighted by Gasteiger charge is 2.74. The van der Waals surface area contributed by atoms with E-state index in [0.29, 0.717) is 12.8 Å². The first-order chi connectivity index (χ1) is 16.7. The minimum atomic E-state index is -1.86. The molecule has 37 heavy (non-hydrogen) atoms. The van der Waals surface area contributed by atoms with Gasteiger partial charge < -0.3 is 20.4 Å². The van der Waals surface area contributed by atoms with Crippen LogP contribution in [0.4, 0.5) is 0 Å². The number of Topliss-reactive ketones (excluding diaryl/α,β-unsaturated/α-hetero) is 3. The normalized spacial score (nSPS) is 44.9. The molecular formula is C30H46O7. The highest BCUT2D eigenvalue weighted by atomic mass is 16.3. The van der Waals surface area contributed by atoms with Gasteiger partial charge in [-0.1, -0.05) is 32.4 Å². The number of aliphatic hydroxyl groups is 4. The first-order valence-electron chi connectivity index (χ1n) is 13.8. The lowest BCUT2D eigenvalue weighted by molar-refractivity contribution is -0.185. The average molecular weight is 519 g/mol. The van der Waals surface area contributed by atoms with Gasteiger partial charge in [0.05, 0.1) is 11.7 Å². The third kappa shape index (κ3) is 3.78. The molecular weight excluding hydrogens is 472 g/mol. The average Bonchev–Trinajstić information content (AvgIpc) is 2.96. The first-order valence-corrected chi connectivity index (χ1v) is 13.8. The Morgan fingerprint density at radius 1 is 1.03 bits per heavy atom. The standard InChI is InChI=1S/C30H46O7/c1-25(2,36)12-11-21(33)30(8,37)23-19(32)14-27(5)20-10-9-16-17(13-18(31)24(35)26(16,3)4)29(20,7)22(34)15-28(23,27)6/h9,17-20,23,31-32,36-37H,10-15H2,1-8H3/t17-,18+,19+,20-,23-,27-,28+,29-,30+/m0/s1. The number of hydrogen-bond acceptors (Lipinski definition) is 7. The molecule has 0 bridgehead atoms. The minimum Gasteiger partial charge on any atom is -0.393 e. The molecule has 4 aliphatic carbocycles. The zero-order chi connectivity index (χ0) is 28.1. The van der Waals surface area contributed by atoms with Gasteiger partial charge in [0.1, 0.15) is 17.5 Å². The van der Waals surface area contributed by atoms with Crippen molar-refractivity contribution in [3.8, 4) is 0 Å². The molecule has 0 radical (unpaired) electrons. The largest absolute Gasteiger partial charge is 0.393 e. The molecule has 0 saturated heterocycles. The monoisotopic (exact) mass is 518 g/mol. The maximum absolute atomic E-state index is 14.2. The fourth-order valence-corrected chi connectivity index (χ4v) is 9.24. The summed E-state index contributed by atoms with van der Waals surface area (Å²) in [5.41, 5.74) is -5.10. The van der Waals surface area contributed by atoms with E-state index in [9.17, 15) is 34.8 Å². The summed E-state index contributed by atoms with van der Waals surface area (Å²) in [6, 6.07) is 0. The number of fused-ring (bicyclic) bond motifs is 5. The maximum Gasteiger partial charge on any atom is 0.170 e. The van der Waals surface area contributed by atoms with Crippen molar-refractivity contribution in [2.45, 2.75) is 117 Å². The van der Waals surface area contributed by atoms with Crippen LogP contribution in [0.15, 0.2) is 11.6 Å². The lowest BCUT2D eigenvalue weighted by atomic mass is 9.38. The van der Waals surface area contributed by atoms with Crippen molar-refractivity contribution in [2.75, 3.05) is 0 Å². The topological polar surface area (TPSA) is 132 Å². The first kappa shape index (κ1) is 28.6. The molecule has 3 fully saturated rings. The summed E-state index contributed by atoms with van der Waals surface area (Å²) in [5.74, 6) is -1.96. The Labute approximate surface area is 220 Å². The molecule has 4 aliphatic rings. The molecule has 0 unspecified atom stereocenters. The number of hydrogen-bond donors (Lipinski definition) is 4. The van der Waals surface area contributed by atoms with Crippen LogP contribution in [0.1, 0.15) is 93.9 Å². The van der Waals surface area contributed by atoms with Gasteiger partial charge in [0, 0.05) is 29.6 Å². The molecule has 0 aromatic carbocycles. The van der Waals surface area contributed by atoms with Crippen molar-refractivity contribution in [2.24, 2.45) is 39.4 Å². The molecule has 0 aliphatic heterocycles. The molecule has 7 nitrogen and oxygen atoms in total. The molecule has 4 rings (SSSR count). The summed E-state index contributed by atoms with van der Waals surface area (Å²) < 4.78 is 0. The van der Waals surface area contributed by atoms with Crippen molar-refractivity contribution in [1.29, 1.82) is 0 Å². The third-order valence-corrected chi connectivity index (χ3v) is 11.5. The molecule has 3 saturated carbocycles. The number of rotatable bonds is 5. The summed E-state index contributed by atoms with van der Waals surface area (Å²) in [6.45, 7) is 14.3. The molecule has 0 spiro atoms. The van der Waals surface area contributed by atoms with Gasteiger partial charge in [-0.3, -0.25) is 14.4 Å². The predicted molar refractivity (Wildman–Crippen MR) is 138 cm³/mol. The van der Waals surface area contributed by atoms with E-state index in [2.05, 4.69) is 13.0 Å². The van der Waals surface area contributed by atoms with Gasteiger partial charge in [0.15, 0.2) is 11.6 Å². The van der Waals surface area contributed by atoms with Crippen molar-refractivity contribution in [1.82, 2.24) is 0 Å². The van der Waals surface area contributed by atoms with Crippen LogP contribution in [0.2, 0.25) is 0 Å². The molecule has 9 atom stereocenters. The Hall–Kier alpha value is -1.41. The quantitative estimate of drug-likeness (QED) is 0.411. The minimum absolute atomic E-state index is 0.00395. The number of ketones is 3. The van der Waals surface area contributed by atoms with Gasteiger partial charge in [-0.25, -0.2) is 0 Å².